The molecule has 0 amide bonds. The summed E-state index contributed by atoms with van der Waals surface area (Å²) in [4.78, 5) is 13.6. The molecule has 0 atom stereocenters. The van der Waals surface area contributed by atoms with Gasteiger partial charge in [0, 0.05) is 11.8 Å². The molecule has 0 aliphatic rings. The molecule has 2 rings (SSSR count). The second-order valence-electron chi connectivity index (χ2n) is 3.52. The van der Waals surface area contributed by atoms with Crippen LogP contribution in [0, 0.1) is 0 Å². The van der Waals surface area contributed by atoms with Crippen LogP contribution < -0.4 is 22.8 Å². The van der Waals surface area contributed by atoms with Crippen molar-refractivity contribution in [3.8, 4) is 11.1 Å². The average molecular weight is 216 g/mol. The molecule has 0 radical (unpaired) electrons. The van der Waals surface area contributed by atoms with E-state index in [0.717, 1.165) is 11.1 Å². The van der Waals surface area contributed by atoms with Gasteiger partial charge < -0.3 is 22.2 Å². The third-order valence-corrected chi connectivity index (χ3v) is 2.35. The van der Waals surface area contributed by atoms with Crippen molar-refractivity contribution in [2.75, 3.05) is 17.2 Å². The van der Waals surface area contributed by atoms with Crippen LogP contribution in [0.5, 0.6) is 0 Å². The second kappa shape index (κ2) is 3.62. The lowest BCUT2D eigenvalue weighted by atomic mass is 10.1. The number of hydrogen-bond acceptors (Lipinski definition) is 4. The number of benzene rings is 1. The molecule has 1 heterocycles. The van der Waals surface area contributed by atoms with Gasteiger partial charge in [-0.1, -0.05) is 6.07 Å². The summed E-state index contributed by atoms with van der Waals surface area (Å²) in [5.41, 5.74) is 19.4. The number of nitrogens with two attached hydrogens (primary N) is 3. The SMILES string of the molecule is Nc1ccc(-c2c[nH]c(=O)c(N)c2)cc1N. The van der Waals surface area contributed by atoms with Gasteiger partial charge in [0.1, 0.15) is 0 Å². The smallest absolute Gasteiger partial charge is 0.271 e. The number of anilines is 3. The fraction of sp³-hybridized carbons (Fsp3) is 0. The first-order valence-corrected chi connectivity index (χ1v) is 4.71. The molecule has 82 valence electrons. The van der Waals surface area contributed by atoms with Gasteiger partial charge in [0.15, 0.2) is 0 Å². The van der Waals surface area contributed by atoms with Crippen LogP contribution in [0.4, 0.5) is 17.1 Å². The van der Waals surface area contributed by atoms with Gasteiger partial charge in [-0.2, -0.15) is 0 Å². The maximum Gasteiger partial charge on any atom is 0.271 e. The number of pyridine rings is 1. The summed E-state index contributed by atoms with van der Waals surface area (Å²) in [6, 6.07) is 6.87. The Hall–Kier alpha value is -2.43. The Morgan fingerprint density at radius 2 is 1.56 bits per heavy atom. The Bertz CT molecular complexity index is 589. The molecule has 2 aromatic rings. The van der Waals surface area contributed by atoms with Crippen LogP contribution in [0.15, 0.2) is 35.3 Å². The Kier molecular flexibility index (Phi) is 2.28. The van der Waals surface area contributed by atoms with Gasteiger partial charge in [0.25, 0.3) is 5.56 Å². The molecule has 7 N–H and O–H groups in total. The zero-order valence-electron chi connectivity index (χ0n) is 8.53. The minimum atomic E-state index is -0.299. The van der Waals surface area contributed by atoms with Crippen LogP contribution in [-0.4, -0.2) is 4.98 Å². The van der Waals surface area contributed by atoms with Crippen molar-refractivity contribution in [1.82, 2.24) is 4.98 Å². The normalized spacial score (nSPS) is 10.2. The topological polar surface area (TPSA) is 111 Å². The highest BCUT2D eigenvalue weighted by Crippen LogP contribution is 2.24. The molecule has 0 saturated heterocycles. The Labute approximate surface area is 91.9 Å². The summed E-state index contributed by atoms with van der Waals surface area (Å²) in [5, 5.41) is 0. The first-order chi connectivity index (χ1) is 7.58. The Morgan fingerprint density at radius 3 is 2.19 bits per heavy atom. The van der Waals surface area contributed by atoms with E-state index in [1.807, 2.05) is 6.07 Å². The number of H-pyrrole nitrogens is 1. The zero-order chi connectivity index (χ0) is 11.7. The number of aromatic amines is 1. The molecule has 5 heteroatoms. The number of nitrogen functional groups attached to an aromatic ring is 3. The highest BCUT2D eigenvalue weighted by Gasteiger charge is 2.02. The van der Waals surface area contributed by atoms with Crippen molar-refractivity contribution in [1.29, 1.82) is 0 Å². The number of rotatable bonds is 1. The number of nitrogens with one attached hydrogen (secondary N) is 1. The molecular weight excluding hydrogens is 204 g/mol. The van der Waals surface area contributed by atoms with Crippen molar-refractivity contribution in [2.24, 2.45) is 0 Å². The molecule has 0 spiro atoms. The van der Waals surface area contributed by atoms with Crippen molar-refractivity contribution in [3.05, 3.63) is 40.8 Å². The van der Waals surface area contributed by atoms with Gasteiger partial charge in [0.2, 0.25) is 0 Å². The van der Waals surface area contributed by atoms with E-state index in [0.29, 0.717) is 11.4 Å². The molecule has 16 heavy (non-hydrogen) atoms. The first-order valence-electron chi connectivity index (χ1n) is 4.71. The lowest BCUT2D eigenvalue weighted by molar-refractivity contribution is 1.25. The van der Waals surface area contributed by atoms with Gasteiger partial charge in [-0.05, 0) is 23.8 Å². The lowest BCUT2D eigenvalue weighted by Gasteiger charge is -2.05. The summed E-state index contributed by atoms with van der Waals surface area (Å²) in [6.45, 7) is 0. The van der Waals surface area contributed by atoms with Crippen molar-refractivity contribution in [3.63, 3.8) is 0 Å². The van der Waals surface area contributed by atoms with Crippen LogP contribution >= 0.6 is 0 Å². The third-order valence-electron chi connectivity index (χ3n) is 2.35. The maximum absolute atomic E-state index is 11.1. The molecule has 0 saturated carbocycles. The summed E-state index contributed by atoms with van der Waals surface area (Å²) in [5.74, 6) is 0. The van der Waals surface area contributed by atoms with Crippen LogP contribution in [0.2, 0.25) is 0 Å². The quantitative estimate of drug-likeness (QED) is 0.528. The molecule has 0 aliphatic heterocycles. The summed E-state index contributed by atoms with van der Waals surface area (Å²) >= 11 is 0. The Balaban J connectivity index is 2.54. The first kappa shape index (κ1) is 10.1. The summed E-state index contributed by atoms with van der Waals surface area (Å²) in [6.07, 6.45) is 1.59. The van der Waals surface area contributed by atoms with Crippen molar-refractivity contribution in [2.45, 2.75) is 0 Å². The predicted octanol–water partition coefficient (Wildman–Crippen LogP) is 0.788. The van der Waals surface area contributed by atoms with Crippen LogP contribution in [0.3, 0.4) is 0 Å². The highest BCUT2D eigenvalue weighted by molar-refractivity contribution is 5.75. The second-order valence-corrected chi connectivity index (χ2v) is 3.52. The van der Waals surface area contributed by atoms with E-state index in [4.69, 9.17) is 17.2 Å². The molecule has 1 aromatic heterocycles. The highest BCUT2D eigenvalue weighted by atomic mass is 16.1. The van der Waals surface area contributed by atoms with E-state index in [9.17, 15) is 4.79 Å². The molecule has 5 nitrogen and oxygen atoms in total. The van der Waals surface area contributed by atoms with Gasteiger partial charge in [-0.25, -0.2) is 0 Å². The fourth-order valence-corrected chi connectivity index (χ4v) is 1.42. The van der Waals surface area contributed by atoms with Crippen molar-refractivity contribution >= 4 is 17.1 Å². The minimum Gasteiger partial charge on any atom is -0.397 e. The minimum absolute atomic E-state index is 0.174. The molecule has 0 unspecified atom stereocenters. The Morgan fingerprint density at radius 1 is 0.875 bits per heavy atom. The third kappa shape index (κ3) is 1.70. The van der Waals surface area contributed by atoms with E-state index in [2.05, 4.69) is 4.98 Å². The lowest BCUT2D eigenvalue weighted by Crippen LogP contribution is -2.10. The summed E-state index contributed by atoms with van der Waals surface area (Å²) < 4.78 is 0. The standard InChI is InChI=1S/C11H12N4O/c12-8-2-1-6(3-9(8)13)7-4-10(14)11(16)15-5-7/h1-5H,12-14H2,(H,15,16). The fourth-order valence-electron chi connectivity index (χ4n) is 1.42. The average Bonchev–Trinajstić information content (AvgIpc) is 2.26. The molecule has 0 aliphatic carbocycles. The van der Waals surface area contributed by atoms with Gasteiger partial charge in [0.05, 0.1) is 17.1 Å². The molecular formula is C11H12N4O. The van der Waals surface area contributed by atoms with Gasteiger partial charge >= 0.3 is 0 Å². The summed E-state index contributed by atoms with van der Waals surface area (Å²) in [7, 11) is 0. The molecule has 0 bridgehead atoms. The monoisotopic (exact) mass is 216 g/mol. The van der Waals surface area contributed by atoms with Gasteiger partial charge in [-0.3, -0.25) is 4.79 Å². The maximum atomic E-state index is 11.1. The van der Waals surface area contributed by atoms with E-state index in [-0.39, 0.29) is 11.2 Å². The molecule has 0 fully saturated rings. The number of hydrogen-bond donors (Lipinski definition) is 4. The van der Waals surface area contributed by atoms with Gasteiger partial charge in [-0.15, -0.1) is 0 Å². The van der Waals surface area contributed by atoms with E-state index in [1.54, 1.807) is 24.4 Å². The van der Waals surface area contributed by atoms with Crippen molar-refractivity contribution < 1.29 is 0 Å². The van der Waals surface area contributed by atoms with E-state index in [1.165, 1.54) is 0 Å². The predicted molar refractivity (Wildman–Crippen MR) is 65.7 cm³/mol. The van der Waals surface area contributed by atoms with Crippen LogP contribution in [0.1, 0.15) is 0 Å². The van der Waals surface area contributed by atoms with E-state index < -0.39 is 0 Å². The van der Waals surface area contributed by atoms with E-state index >= 15 is 0 Å². The number of aromatic nitrogens is 1. The largest absolute Gasteiger partial charge is 0.397 e. The zero-order valence-corrected chi connectivity index (χ0v) is 8.53. The molecule has 1 aromatic carbocycles. The van der Waals surface area contributed by atoms with Crippen LogP contribution in [0.25, 0.3) is 11.1 Å². The van der Waals surface area contributed by atoms with Crippen LogP contribution in [-0.2, 0) is 0 Å².